The Labute approximate surface area is 177 Å². The van der Waals surface area contributed by atoms with Crippen molar-refractivity contribution >= 4 is 23.1 Å². The number of carbonyl (C=O) groups is 1. The van der Waals surface area contributed by atoms with E-state index < -0.39 is 12.1 Å². The Morgan fingerprint density at radius 2 is 2.20 bits per heavy atom. The molecular weight excluding hydrogens is 400 g/mol. The molecule has 2 amide bonds. The Morgan fingerprint density at radius 3 is 2.87 bits per heavy atom. The van der Waals surface area contributed by atoms with E-state index in [0.717, 1.165) is 11.1 Å². The molecule has 0 saturated carbocycles. The van der Waals surface area contributed by atoms with Crippen molar-refractivity contribution in [3.8, 4) is 17.6 Å². The monoisotopic (exact) mass is 418 g/mol. The lowest BCUT2D eigenvalue weighted by molar-refractivity contribution is 0.243. The van der Waals surface area contributed by atoms with Gasteiger partial charge in [0.15, 0.2) is 11.5 Å². The number of phenols is 1. The molecule has 30 heavy (non-hydrogen) atoms. The summed E-state index contributed by atoms with van der Waals surface area (Å²) in [5, 5.41) is 26.7. The van der Waals surface area contributed by atoms with Crippen LogP contribution in [0.15, 0.2) is 58.5 Å². The molecule has 150 valence electrons. The zero-order valence-corrected chi connectivity index (χ0v) is 16.9. The number of benzene rings is 1. The van der Waals surface area contributed by atoms with Crippen LogP contribution in [-0.2, 0) is 0 Å². The van der Waals surface area contributed by atoms with Gasteiger partial charge in [0.05, 0.1) is 29.8 Å². The molecule has 1 aliphatic rings. The van der Waals surface area contributed by atoms with Crippen LogP contribution in [-0.4, -0.2) is 28.4 Å². The molecule has 0 fully saturated rings. The third-order valence-corrected chi connectivity index (χ3v) is 5.57. The van der Waals surface area contributed by atoms with E-state index in [1.54, 1.807) is 48.9 Å². The summed E-state index contributed by atoms with van der Waals surface area (Å²) in [5.74, 6) is -0.308. The third kappa shape index (κ3) is 3.63. The molecule has 3 heterocycles. The quantitative estimate of drug-likeness (QED) is 0.647. The van der Waals surface area contributed by atoms with Crippen molar-refractivity contribution in [3.05, 3.63) is 75.7 Å². The topological polar surface area (TPSA) is 108 Å². The maximum atomic E-state index is 12.5. The van der Waals surface area contributed by atoms with Gasteiger partial charge in [-0.1, -0.05) is 6.07 Å². The van der Waals surface area contributed by atoms with E-state index in [1.165, 1.54) is 0 Å². The molecule has 2 unspecified atom stereocenters. The summed E-state index contributed by atoms with van der Waals surface area (Å²) in [5.41, 5.74) is 3.06. The Hall–Kier alpha value is -3.70. The van der Waals surface area contributed by atoms with Crippen molar-refractivity contribution < 1.29 is 14.6 Å². The highest BCUT2D eigenvalue weighted by molar-refractivity contribution is 7.08. The van der Waals surface area contributed by atoms with Crippen LogP contribution in [0.1, 0.15) is 41.1 Å². The van der Waals surface area contributed by atoms with Crippen molar-refractivity contribution in [2.75, 3.05) is 6.61 Å². The van der Waals surface area contributed by atoms with Gasteiger partial charge in [-0.15, -0.1) is 0 Å². The van der Waals surface area contributed by atoms with Crippen molar-refractivity contribution in [2.24, 2.45) is 4.99 Å². The van der Waals surface area contributed by atoms with Gasteiger partial charge in [0.25, 0.3) is 0 Å². The van der Waals surface area contributed by atoms with Gasteiger partial charge < -0.3 is 15.2 Å². The first-order chi connectivity index (χ1) is 14.6. The van der Waals surface area contributed by atoms with Crippen molar-refractivity contribution in [1.82, 2.24) is 10.3 Å². The van der Waals surface area contributed by atoms with Crippen molar-refractivity contribution in [2.45, 2.75) is 18.9 Å². The first-order valence-electron chi connectivity index (χ1n) is 9.33. The average Bonchev–Trinajstić information content (AvgIpc) is 3.30. The number of nitrogens with zero attached hydrogens (tertiary/aromatic N) is 3. The van der Waals surface area contributed by atoms with E-state index in [2.05, 4.69) is 15.3 Å². The minimum absolute atomic E-state index is 0.0831. The van der Waals surface area contributed by atoms with E-state index in [0.29, 0.717) is 17.9 Å². The van der Waals surface area contributed by atoms with Gasteiger partial charge in [0.1, 0.15) is 6.07 Å². The summed E-state index contributed by atoms with van der Waals surface area (Å²) in [6.07, 6.45) is 3.34. The molecular formula is C22H18N4O3S. The number of thiophene rings is 1. The number of aromatic nitrogens is 1. The first-order valence-corrected chi connectivity index (χ1v) is 10.3. The number of carbonyl (C=O) groups excluding carboxylic acids is 1. The molecule has 0 radical (unpaired) electrons. The SMILES string of the molecule is CCOc1cc(C2NC(=O)N=C(c3cccnc3)C2c2ccsc2)cc(C#N)c1O. The minimum Gasteiger partial charge on any atom is -0.503 e. The van der Waals surface area contributed by atoms with E-state index in [9.17, 15) is 15.2 Å². The second kappa shape index (κ2) is 8.35. The summed E-state index contributed by atoms with van der Waals surface area (Å²) < 4.78 is 5.52. The Balaban J connectivity index is 1.89. The fraction of sp³-hybridized carbons (Fsp3) is 0.182. The number of hydrogen-bond donors (Lipinski definition) is 2. The van der Waals surface area contributed by atoms with E-state index in [1.807, 2.05) is 29.0 Å². The Morgan fingerprint density at radius 1 is 1.33 bits per heavy atom. The van der Waals surface area contributed by atoms with Crippen LogP contribution in [0.4, 0.5) is 4.79 Å². The third-order valence-electron chi connectivity index (χ3n) is 4.87. The predicted octanol–water partition coefficient (Wildman–Crippen LogP) is 4.16. The predicted molar refractivity (Wildman–Crippen MR) is 113 cm³/mol. The fourth-order valence-corrected chi connectivity index (χ4v) is 4.28. The first kappa shape index (κ1) is 19.6. The molecule has 1 aromatic carbocycles. The highest BCUT2D eigenvalue weighted by Crippen LogP contribution is 2.41. The number of hydrogen-bond acceptors (Lipinski definition) is 6. The highest BCUT2D eigenvalue weighted by Gasteiger charge is 2.36. The Kier molecular flexibility index (Phi) is 5.46. The van der Waals surface area contributed by atoms with Crippen LogP contribution >= 0.6 is 11.3 Å². The van der Waals surface area contributed by atoms with E-state index in [4.69, 9.17) is 4.74 Å². The summed E-state index contributed by atoms with van der Waals surface area (Å²) in [4.78, 5) is 21.0. The fourth-order valence-electron chi connectivity index (χ4n) is 3.58. The highest BCUT2D eigenvalue weighted by atomic mass is 32.1. The summed E-state index contributed by atoms with van der Waals surface area (Å²) in [7, 11) is 0. The standard InChI is InChI=1S/C22H18N4O3S/c1-2-29-17-9-15(8-16(10-23)21(17)27)20-18(14-5-7-30-12-14)19(25-22(28)26-20)13-4-3-6-24-11-13/h3-9,11-12,18,20,27H,2H2,1H3,(H,26,28). The minimum atomic E-state index is -0.508. The number of urea groups is 1. The van der Waals surface area contributed by atoms with Crippen LogP contribution < -0.4 is 10.1 Å². The molecule has 3 aromatic rings. The summed E-state index contributed by atoms with van der Waals surface area (Å²) in [6.45, 7) is 2.12. The summed E-state index contributed by atoms with van der Waals surface area (Å²) in [6, 6.07) is 9.90. The maximum absolute atomic E-state index is 12.5. The molecule has 2 N–H and O–H groups in total. The summed E-state index contributed by atoms with van der Waals surface area (Å²) >= 11 is 1.55. The zero-order chi connectivity index (χ0) is 21.1. The Bertz CT molecular complexity index is 1140. The van der Waals surface area contributed by atoms with Crippen LogP contribution in [0.25, 0.3) is 0 Å². The molecule has 0 saturated heterocycles. The molecule has 8 heteroatoms. The second-order valence-electron chi connectivity index (χ2n) is 6.66. The van der Waals surface area contributed by atoms with Crippen molar-refractivity contribution in [1.29, 1.82) is 5.26 Å². The van der Waals surface area contributed by atoms with Crippen LogP contribution in [0.3, 0.4) is 0 Å². The van der Waals surface area contributed by atoms with Gasteiger partial charge in [-0.2, -0.15) is 21.6 Å². The molecule has 4 rings (SSSR count). The van der Waals surface area contributed by atoms with Gasteiger partial charge in [0, 0.05) is 18.0 Å². The molecule has 7 nitrogen and oxygen atoms in total. The van der Waals surface area contributed by atoms with Crippen LogP contribution in [0.2, 0.25) is 0 Å². The lowest BCUT2D eigenvalue weighted by Gasteiger charge is -2.32. The second-order valence-corrected chi connectivity index (χ2v) is 7.44. The van der Waals surface area contributed by atoms with E-state index in [-0.39, 0.29) is 23.0 Å². The van der Waals surface area contributed by atoms with Crippen molar-refractivity contribution in [3.63, 3.8) is 0 Å². The molecule has 0 aliphatic carbocycles. The van der Waals surface area contributed by atoms with Gasteiger partial charge in [-0.25, -0.2) is 4.79 Å². The number of phenolic OH excluding ortho intramolecular Hbond substituents is 1. The van der Waals surface area contributed by atoms with Gasteiger partial charge >= 0.3 is 6.03 Å². The number of nitrogens with one attached hydrogen (secondary N) is 1. The van der Waals surface area contributed by atoms with Crippen LogP contribution in [0.5, 0.6) is 11.5 Å². The number of pyridine rings is 1. The molecule has 1 aliphatic heterocycles. The molecule has 2 atom stereocenters. The van der Waals surface area contributed by atoms with Gasteiger partial charge in [-0.3, -0.25) is 4.98 Å². The molecule has 0 spiro atoms. The largest absolute Gasteiger partial charge is 0.503 e. The lowest BCUT2D eigenvalue weighted by Crippen LogP contribution is -2.40. The number of ether oxygens (including phenoxy) is 1. The normalized spacial score (nSPS) is 18.3. The van der Waals surface area contributed by atoms with Crippen LogP contribution in [0, 0.1) is 11.3 Å². The number of nitriles is 1. The van der Waals surface area contributed by atoms with E-state index >= 15 is 0 Å². The zero-order valence-electron chi connectivity index (χ0n) is 16.1. The number of aliphatic imine (C=N–C) groups is 1. The smallest absolute Gasteiger partial charge is 0.341 e. The number of rotatable bonds is 5. The maximum Gasteiger partial charge on any atom is 0.341 e. The van der Waals surface area contributed by atoms with Gasteiger partial charge in [0.2, 0.25) is 0 Å². The van der Waals surface area contributed by atoms with Gasteiger partial charge in [-0.05, 0) is 53.1 Å². The number of aromatic hydroxyl groups is 1. The lowest BCUT2D eigenvalue weighted by atomic mass is 9.81. The molecule has 0 bridgehead atoms. The number of amides is 2. The molecule has 2 aromatic heterocycles. The average molecular weight is 418 g/mol.